The molecule has 0 amide bonds. The fraction of sp³-hybridized carbons (Fsp3) is 0.231. The Morgan fingerprint density at radius 1 is 1.10 bits per heavy atom. The number of ether oxygens (including phenoxy) is 2. The van der Waals surface area contributed by atoms with E-state index in [-0.39, 0.29) is 15.1 Å². The van der Waals surface area contributed by atoms with Gasteiger partial charge in [-0.05, 0) is 42.5 Å². The molecule has 4 heterocycles. The highest BCUT2D eigenvalue weighted by atomic mass is 32.2. The summed E-state index contributed by atoms with van der Waals surface area (Å²) in [6, 6.07) is 9.87. The predicted molar refractivity (Wildman–Crippen MR) is 166 cm³/mol. The van der Waals surface area contributed by atoms with Crippen molar-refractivity contribution in [2.24, 2.45) is 0 Å². The van der Waals surface area contributed by atoms with Crippen molar-refractivity contribution in [3.05, 3.63) is 42.6 Å². The molecule has 1 saturated heterocycles. The SMILES string of the molecule is COc1cc2[nH]c3nc(N)[nH+]c(N4CCN(C(=S)Nc5ncc(S(=O)(=O)c6ccc(N)cc6)s5)CC4)c3c2cc1OC. The quantitative estimate of drug-likeness (QED) is 0.160. The molecule has 1 aliphatic rings. The highest BCUT2D eigenvalue weighted by molar-refractivity contribution is 7.93. The van der Waals surface area contributed by atoms with Gasteiger partial charge in [0.15, 0.2) is 21.7 Å². The lowest BCUT2D eigenvalue weighted by Gasteiger charge is -2.34. The van der Waals surface area contributed by atoms with Gasteiger partial charge in [0.1, 0.15) is 9.60 Å². The van der Waals surface area contributed by atoms with Crippen molar-refractivity contribution in [1.82, 2.24) is 19.9 Å². The van der Waals surface area contributed by atoms with E-state index in [0.29, 0.717) is 59.3 Å². The van der Waals surface area contributed by atoms with Crippen LogP contribution >= 0.6 is 23.6 Å². The number of aromatic amines is 2. The lowest BCUT2D eigenvalue weighted by atomic mass is 10.1. The van der Waals surface area contributed by atoms with E-state index in [1.807, 2.05) is 17.0 Å². The second-order valence-corrected chi connectivity index (χ2v) is 13.1. The molecule has 218 valence electrons. The third-order valence-electron chi connectivity index (χ3n) is 7.04. The van der Waals surface area contributed by atoms with E-state index in [2.05, 4.69) is 30.2 Å². The van der Waals surface area contributed by atoms with Crippen LogP contribution in [0.3, 0.4) is 0 Å². The average molecular weight is 627 g/mol. The van der Waals surface area contributed by atoms with E-state index in [9.17, 15) is 8.42 Å². The zero-order valence-electron chi connectivity index (χ0n) is 22.7. The molecule has 0 aliphatic carbocycles. The molecule has 42 heavy (non-hydrogen) atoms. The van der Waals surface area contributed by atoms with Gasteiger partial charge in [-0.2, -0.15) is 0 Å². The first-order valence-electron chi connectivity index (χ1n) is 12.8. The zero-order chi connectivity index (χ0) is 29.6. The molecule has 3 aromatic heterocycles. The minimum Gasteiger partial charge on any atom is -0.493 e. The van der Waals surface area contributed by atoms with Crippen LogP contribution in [-0.4, -0.2) is 73.8 Å². The van der Waals surface area contributed by atoms with E-state index in [4.69, 9.17) is 33.2 Å². The molecular weight excluding hydrogens is 599 g/mol. The number of anilines is 4. The molecule has 5 aromatic rings. The van der Waals surface area contributed by atoms with Crippen molar-refractivity contribution in [3.8, 4) is 11.5 Å². The number of sulfone groups is 1. The number of piperazine rings is 1. The van der Waals surface area contributed by atoms with Gasteiger partial charge in [-0.25, -0.2) is 18.4 Å². The first-order valence-corrected chi connectivity index (χ1v) is 15.5. The molecule has 7 N–H and O–H groups in total. The van der Waals surface area contributed by atoms with Crippen LogP contribution in [0.15, 0.2) is 51.7 Å². The Balaban J connectivity index is 1.18. The second-order valence-electron chi connectivity index (χ2n) is 9.53. The predicted octanol–water partition coefficient (Wildman–Crippen LogP) is 2.52. The minimum absolute atomic E-state index is 0.116. The summed E-state index contributed by atoms with van der Waals surface area (Å²) < 4.78 is 37.1. The Kier molecular flexibility index (Phi) is 7.12. The first kappa shape index (κ1) is 27.7. The van der Waals surface area contributed by atoms with Gasteiger partial charge in [-0.3, -0.25) is 0 Å². The standard InChI is InChI=1S/C26H27N9O4S3/c1-38-18-11-16-17(12-19(18)39-2)30-22-21(16)23(32-24(28)31-22)34-7-9-35(10-8-34)26(40)33-25-29-13-20(41-25)42(36,37)15-5-3-14(27)4-6-15/h3-6,11-13H,7-10,27H2,1-2H3,(H,29,33,40)(H3,28,30,31,32)/p+1. The van der Waals surface area contributed by atoms with Crippen molar-refractivity contribution in [2.45, 2.75) is 9.10 Å². The monoisotopic (exact) mass is 626 g/mol. The molecular formula is C26H28N9O4S3+. The smallest absolute Gasteiger partial charge is 0.344 e. The molecule has 0 saturated carbocycles. The Labute approximate surface area is 250 Å². The summed E-state index contributed by atoms with van der Waals surface area (Å²) in [5.74, 6) is 2.35. The summed E-state index contributed by atoms with van der Waals surface area (Å²) in [4.78, 5) is 19.7. The normalized spacial score (nSPS) is 14.0. The second kappa shape index (κ2) is 10.8. The number of H-pyrrole nitrogens is 2. The number of nitrogens with two attached hydrogens (primary N) is 2. The fourth-order valence-electron chi connectivity index (χ4n) is 4.91. The Morgan fingerprint density at radius 2 is 1.79 bits per heavy atom. The summed E-state index contributed by atoms with van der Waals surface area (Å²) in [5, 5.41) is 5.78. The number of hydrogen-bond donors (Lipinski definition) is 4. The number of benzene rings is 2. The van der Waals surface area contributed by atoms with E-state index >= 15 is 0 Å². The molecule has 16 heteroatoms. The number of aromatic nitrogens is 4. The van der Waals surface area contributed by atoms with Crippen molar-refractivity contribution in [1.29, 1.82) is 0 Å². The highest BCUT2D eigenvalue weighted by Crippen LogP contribution is 2.38. The molecule has 13 nitrogen and oxygen atoms in total. The summed E-state index contributed by atoms with van der Waals surface area (Å²) in [6.45, 7) is 2.52. The molecule has 6 rings (SSSR count). The molecule has 2 aromatic carbocycles. The molecule has 0 radical (unpaired) electrons. The lowest BCUT2D eigenvalue weighted by Crippen LogP contribution is -2.51. The van der Waals surface area contributed by atoms with Gasteiger partial charge in [0, 0.05) is 30.2 Å². The van der Waals surface area contributed by atoms with E-state index in [0.717, 1.165) is 33.4 Å². The van der Waals surface area contributed by atoms with E-state index in [1.165, 1.54) is 18.3 Å². The number of nitrogens with zero attached hydrogens (tertiary/aromatic N) is 4. The highest BCUT2D eigenvalue weighted by Gasteiger charge is 2.28. The zero-order valence-corrected chi connectivity index (χ0v) is 25.1. The van der Waals surface area contributed by atoms with Gasteiger partial charge in [0.05, 0.1) is 43.9 Å². The molecule has 1 fully saturated rings. The minimum atomic E-state index is -3.71. The fourth-order valence-corrected chi connectivity index (χ4v) is 7.68. The van der Waals surface area contributed by atoms with Crippen LogP contribution in [0.5, 0.6) is 11.5 Å². The maximum absolute atomic E-state index is 13.0. The number of methoxy groups -OCH3 is 2. The van der Waals surface area contributed by atoms with Crippen molar-refractivity contribution < 1.29 is 22.9 Å². The van der Waals surface area contributed by atoms with Gasteiger partial charge >= 0.3 is 5.95 Å². The van der Waals surface area contributed by atoms with Crippen LogP contribution in [-0.2, 0) is 9.84 Å². The third kappa shape index (κ3) is 4.97. The number of thiazole rings is 1. The number of fused-ring (bicyclic) bond motifs is 3. The molecule has 0 spiro atoms. The Bertz CT molecular complexity index is 1920. The summed E-state index contributed by atoms with van der Waals surface area (Å²) in [7, 11) is -0.518. The van der Waals surface area contributed by atoms with Crippen LogP contribution < -0.4 is 36.1 Å². The van der Waals surface area contributed by atoms with E-state index < -0.39 is 9.84 Å². The number of rotatable bonds is 6. The van der Waals surface area contributed by atoms with Gasteiger partial charge in [0.25, 0.3) is 0 Å². The van der Waals surface area contributed by atoms with Crippen molar-refractivity contribution in [3.63, 3.8) is 0 Å². The largest absolute Gasteiger partial charge is 0.493 e. The van der Waals surface area contributed by atoms with Gasteiger partial charge in [-0.1, -0.05) is 16.3 Å². The van der Waals surface area contributed by atoms with Gasteiger partial charge in [0.2, 0.25) is 21.3 Å². The molecule has 0 bridgehead atoms. The van der Waals surface area contributed by atoms with Gasteiger partial charge < -0.3 is 41.0 Å². The maximum Gasteiger partial charge on any atom is 0.344 e. The summed E-state index contributed by atoms with van der Waals surface area (Å²) in [5.41, 5.74) is 13.8. The average Bonchev–Trinajstić information content (AvgIpc) is 3.60. The number of hydrogen-bond acceptors (Lipinski definition) is 11. The number of thiocarbonyl (C=S) groups is 1. The number of nitrogen functional groups attached to an aromatic ring is 2. The van der Waals surface area contributed by atoms with Crippen LogP contribution in [0.2, 0.25) is 0 Å². The van der Waals surface area contributed by atoms with Gasteiger partial charge in [-0.15, -0.1) is 0 Å². The summed E-state index contributed by atoms with van der Waals surface area (Å²) in [6.07, 6.45) is 1.33. The van der Waals surface area contributed by atoms with E-state index in [1.54, 1.807) is 26.4 Å². The van der Waals surface area contributed by atoms with Crippen LogP contribution in [0.1, 0.15) is 0 Å². The molecule has 1 aliphatic heterocycles. The topological polar surface area (TPSA) is 179 Å². The van der Waals surface area contributed by atoms with Crippen molar-refractivity contribution >= 4 is 83.0 Å². The van der Waals surface area contributed by atoms with Crippen LogP contribution in [0, 0.1) is 0 Å². The van der Waals surface area contributed by atoms with Crippen LogP contribution in [0.25, 0.3) is 21.9 Å². The third-order valence-corrected chi connectivity index (χ3v) is 10.5. The number of nitrogens with one attached hydrogen (secondary N) is 3. The lowest BCUT2D eigenvalue weighted by molar-refractivity contribution is -0.348. The van der Waals surface area contributed by atoms with Crippen molar-refractivity contribution in [2.75, 3.05) is 62.1 Å². The Morgan fingerprint density at radius 3 is 2.48 bits per heavy atom. The maximum atomic E-state index is 13.0. The summed E-state index contributed by atoms with van der Waals surface area (Å²) >= 11 is 6.68. The van der Waals surface area contributed by atoms with Crippen LogP contribution in [0.4, 0.5) is 22.6 Å². The molecule has 0 unspecified atom stereocenters. The molecule has 0 atom stereocenters. The Hall–Kier alpha value is -4.41. The first-order chi connectivity index (χ1) is 20.2.